The van der Waals surface area contributed by atoms with E-state index in [4.69, 9.17) is 4.74 Å². The van der Waals surface area contributed by atoms with Crippen LogP contribution < -0.4 is 4.90 Å². The van der Waals surface area contributed by atoms with E-state index in [1.165, 1.54) is 15.2 Å². The van der Waals surface area contributed by atoms with E-state index >= 15 is 0 Å². The topological polar surface area (TPSA) is 24.8 Å². The number of ether oxygens (including phenoxy) is 1. The molecule has 2 aromatic rings. The molecule has 0 radical (unpaired) electrons. The fourth-order valence-corrected chi connectivity index (χ4v) is 2.86. The van der Waals surface area contributed by atoms with Crippen LogP contribution in [0.5, 0.6) is 0 Å². The standard InChI is InChI=1S/C18H18FIN2O/c1-13-10-15(3-4-17(13)20)21-12-14-2-5-18(16(19)11-14)22-6-8-23-9-7-22/h2-5,10-12H,6-9H2,1H3. The van der Waals surface area contributed by atoms with Crippen LogP contribution >= 0.6 is 22.6 Å². The number of benzene rings is 2. The fourth-order valence-electron chi connectivity index (χ4n) is 2.52. The summed E-state index contributed by atoms with van der Waals surface area (Å²) in [5.41, 5.74) is 3.46. The van der Waals surface area contributed by atoms with Crippen LogP contribution in [0.2, 0.25) is 0 Å². The third-order valence-electron chi connectivity index (χ3n) is 3.83. The SMILES string of the molecule is Cc1cc(N=Cc2ccc(N3CCOCC3)c(F)c2)ccc1I. The lowest BCUT2D eigenvalue weighted by atomic mass is 10.2. The Bertz CT molecular complexity index is 727. The van der Waals surface area contributed by atoms with Gasteiger partial charge < -0.3 is 9.64 Å². The Labute approximate surface area is 149 Å². The van der Waals surface area contributed by atoms with Crippen LogP contribution in [-0.2, 0) is 4.74 Å². The molecule has 0 N–H and O–H groups in total. The maximum absolute atomic E-state index is 14.3. The summed E-state index contributed by atoms with van der Waals surface area (Å²) in [7, 11) is 0. The zero-order valence-electron chi connectivity index (χ0n) is 12.9. The second kappa shape index (κ2) is 7.40. The number of halogens is 2. The zero-order chi connectivity index (χ0) is 16.2. The first-order chi connectivity index (χ1) is 11.1. The van der Waals surface area contributed by atoms with Gasteiger partial charge in [0.25, 0.3) is 0 Å². The van der Waals surface area contributed by atoms with E-state index in [0.717, 1.165) is 24.3 Å². The van der Waals surface area contributed by atoms with Gasteiger partial charge in [-0.2, -0.15) is 0 Å². The summed E-state index contributed by atoms with van der Waals surface area (Å²) >= 11 is 2.29. The van der Waals surface area contributed by atoms with Crippen LogP contribution in [0.3, 0.4) is 0 Å². The second-order valence-corrected chi connectivity index (χ2v) is 6.66. The Morgan fingerprint density at radius 3 is 2.65 bits per heavy atom. The number of anilines is 1. The molecule has 1 saturated heterocycles. The molecule has 0 spiro atoms. The predicted octanol–water partition coefficient (Wildman–Crippen LogP) is 4.33. The highest BCUT2D eigenvalue weighted by molar-refractivity contribution is 14.1. The molecule has 1 fully saturated rings. The van der Waals surface area contributed by atoms with Gasteiger partial charge in [0.2, 0.25) is 0 Å². The third-order valence-corrected chi connectivity index (χ3v) is 5.04. The summed E-state index contributed by atoms with van der Waals surface area (Å²) in [6.07, 6.45) is 1.70. The highest BCUT2D eigenvalue weighted by Crippen LogP contribution is 2.22. The van der Waals surface area contributed by atoms with Crippen molar-refractivity contribution in [2.45, 2.75) is 6.92 Å². The van der Waals surface area contributed by atoms with E-state index in [2.05, 4.69) is 34.5 Å². The van der Waals surface area contributed by atoms with Gasteiger partial charge in [-0.25, -0.2) is 4.39 Å². The van der Waals surface area contributed by atoms with Crippen molar-refractivity contribution in [3.8, 4) is 0 Å². The molecule has 1 aliphatic rings. The van der Waals surface area contributed by atoms with Crippen LogP contribution in [0.15, 0.2) is 41.4 Å². The van der Waals surface area contributed by atoms with Crippen LogP contribution in [0.25, 0.3) is 0 Å². The number of morpholine rings is 1. The minimum absolute atomic E-state index is 0.213. The van der Waals surface area contributed by atoms with E-state index in [1.807, 2.05) is 35.2 Å². The number of hydrogen-bond acceptors (Lipinski definition) is 3. The maximum atomic E-state index is 14.3. The largest absolute Gasteiger partial charge is 0.378 e. The summed E-state index contributed by atoms with van der Waals surface area (Å²) in [6, 6.07) is 11.3. The number of aliphatic imine (C=N–C) groups is 1. The maximum Gasteiger partial charge on any atom is 0.147 e. The molecule has 3 nitrogen and oxygen atoms in total. The highest BCUT2D eigenvalue weighted by atomic mass is 127. The Kier molecular flexibility index (Phi) is 5.27. The first-order valence-electron chi connectivity index (χ1n) is 7.56. The van der Waals surface area contributed by atoms with Crippen LogP contribution in [-0.4, -0.2) is 32.5 Å². The Balaban J connectivity index is 1.76. The second-order valence-electron chi connectivity index (χ2n) is 5.50. The summed E-state index contributed by atoms with van der Waals surface area (Å²) in [5.74, 6) is -0.213. The molecule has 0 unspecified atom stereocenters. The molecule has 3 rings (SSSR count). The molecule has 0 amide bonds. The van der Waals surface area contributed by atoms with Gasteiger partial charge in [-0.3, -0.25) is 4.99 Å². The Hall–Kier alpha value is -1.47. The monoisotopic (exact) mass is 424 g/mol. The van der Waals surface area contributed by atoms with E-state index < -0.39 is 0 Å². The first kappa shape index (κ1) is 16.4. The van der Waals surface area contributed by atoms with E-state index in [-0.39, 0.29) is 5.82 Å². The van der Waals surface area contributed by atoms with Crippen molar-refractivity contribution < 1.29 is 9.13 Å². The molecule has 23 heavy (non-hydrogen) atoms. The van der Waals surface area contributed by atoms with Crippen LogP contribution in [0.1, 0.15) is 11.1 Å². The number of aryl methyl sites for hydroxylation is 1. The average Bonchev–Trinajstić information content (AvgIpc) is 2.57. The molecule has 0 saturated carbocycles. The van der Waals surface area contributed by atoms with Gasteiger partial charge in [-0.1, -0.05) is 6.07 Å². The number of hydrogen-bond donors (Lipinski definition) is 0. The van der Waals surface area contributed by atoms with Gasteiger partial charge in [-0.15, -0.1) is 0 Å². The van der Waals surface area contributed by atoms with Gasteiger partial charge in [0.15, 0.2) is 0 Å². The normalized spacial score (nSPS) is 15.3. The summed E-state index contributed by atoms with van der Waals surface area (Å²) in [5, 5.41) is 0. The van der Waals surface area contributed by atoms with Gasteiger partial charge in [0.1, 0.15) is 5.82 Å². The van der Waals surface area contributed by atoms with Crippen molar-refractivity contribution in [1.29, 1.82) is 0 Å². The molecule has 5 heteroatoms. The van der Waals surface area contributed by atoms with Gasteiger partial charge >= 0.3 is 0 Å². The lowest BCUT2D eigenvalue weighted by Gasteiger charge is -2.29. The molecule has 1 heterocycles. The molecule has 1 aliphatic heterocycles. The Morgan fingerprint density at radius 2 is 1.96 bits per heavy atom. The van der Waals surface area contributed by atoms with E-state index in [1.54, 1.807) is 6.21 Å². The molecular formula is C18H18FIN2O. The van der Waals surface area contributed by atoms with Crippen LogP contribution in [0, 0.1) is 16.3 Å². The van der Waals surface area contributed by atoms with Gasteiger partial charge in [-0.05, 0) is 71.0 Å². The smallest absolute Gasteiger partial charge is 0.147 e. The number of nitrogens with zero attached hydrogens (tertiary/aromatic N) is 2. The van der Waals surface area contributed by atoms with Crippen molar-refractivity contribution in [3.63, 3.8) is 0 Å². The lowest BCUT2D eigenvalue weighted by molar-refractivity contribution is 0.122. The first-order valence-corrected chi connectivity index (χ1v) is 8.64. The minimum atomic E-state index is -0.213. The zero-order valence-corrected chi connectivity index (χ0v) is 15.1. The highest BCUT2D eigenvalue weighted by Gasteiger charge is 2.14. The lowest BCUT2D eigenvalue weighted by Crippen LogP contribution is -2.36. The Morgan fingerprint density at radius 1 is 1.17 bits per heavy atom. The molecular weight excluding hydrogens is 406 g/mol. The molecule has 0 bridgehead atoms. The number of rotatable bonds is 3. The molecule has 0 atom stereocenters. The molecule has 0 aromatic heterocycles. The average molecular weight is 424 g/mol. The summed E-state index contributed by atoms with van der Waals surface area (Å²) in [6.45, 7) is 4.81. The van der Waals surface area contributed by atoms with Crippen molar-refractivity contribution in [2.75, 3.05) is 31.2 Å². The minimum Gasteiger partial charge on any atom is -0.378 e. The van der Waals surface area contributed by atoms with E-state index in [0.29, 0.717) is 18.9 Å². The van der Waals surface area contributed by atoms with Crippen molar-refractivity contribution in [2.24, 2.45) is 4.99 Å². The van der Waals surface area contributed by atoms with Crippen molar-refractivity contribution in [1.82, 2.24) is 0 Å². The molecule has 2 aromatic carbocycles. The van der Waals surface area contributed by atoms with Gasteiger partial charge in [0, 0.05) is 22.9 Å². The van der Waals surface area contributed by atoms with Crippen molar-refractivity contribution >= 4 is 40.2 Å². The third kappa shape index (κ3) is 4.09. The summed E-state index contributed by atoms with van der Waals surface area (Å²) < 4.78 is 20.8. The molecule has 120 valence electrons. The fraction of sp³-hybridized carbons (Fsp3) is 0.278. The summed E-state index contributed by atoms with van der Waals surface area (Å²) in [4.78, 5) is 6.45. The predicted molar refractivity (Wildman–Crippen MR) is 101 cm³/mol. The van der Waals surface area contributed by atoms with Crippen LogP contribution in [0.4, 0.5) is 15.8 Å². The van der Waals surface area contributed by atoms with E-state index in [9.17, 15) is 4.39 Å². The van der Waals surface area contributed by atoms with Gasteiger partial charge in [0.05, 0.1) is 24.6 Å². The molecule has 0 aliphatic carbocycles. The van der Waals surface area contributed by atoms with Crippen molar-refractivity contribution in [3.05, 3.63) is 56.9 Å². The quantitative estimate of drug-likeness (QED) is 0.542.